The van der Waals surface area contributed by atoms with E-state index in [1.165, 1.54) is 12.1 Å². The zero-order valence-corrected chi connectivity index (χ0v) is 9.94. The van der Waals surface area contributed by atoms with E-state index in [0.29, 0.717) is 5.56 Å². The number of rotatable bonds is 3. The number of alkyl halides is 3. The van der Waals surface area contributed by atoms with Crippen LogP contribution in [0.15, 0.2) is 18.2 Å². The summed E-state index contributed by atoms with van der Waals surface area (Å²) >= 11 is 5.59. The lowest BCUT2D eigenvalue weighted by molar-refractivity contribution is -0.137. The van der Waals surface area contributed by atoms with E-state index in [2.05, 4.69) is 0 Å². The number of halogens is 4. The minimum atomic E-state index is -4.48. The Labute approximate surface area is 102 Å². The predicted molar refractivity (Wildman–Crippen MR) is 59.9 cm³/mol. The third kappa shape index (κ3) is 2.91. The van der Waals surface area contributed by atoms with Gasteiger partial charge in [-0.15, -0.1) is 0 Å². The minimum Gasteiger partial charge on any atom is -0.395 e. The van der Waals surface area contributed by atoms with Crippen LogP contribution < -0.4 is 5.73 Å². The van der Waals surface area contributed by atoms with Crippen molar-refractivity contribution in [2.24, 2.45) is 5.73 Å². The Kier molecular flexibility index (Phi) is 4.06. The van der Waals surface area contributed by atoms with Gasteiger partial charge in [-0.05, 0) is 17.7 Å². The third-order valence-corrected chi connectivity index (χ3v) is 3.08. The van der Waals surface area contributed by atoms with Gasteiger partial charge in [-0.1, -0.05) is 24.6 Å². The summed E-state index contributed by atoms with van der Waals surface area (Å²) in [5, 5.41) is 8.83. The second kappa shape index (κ2) is 4.84. The molecule has 0 aliphatic heterocycles. The highest BCUT2D eigenvalue weighted by atomic mass is 35.5. The van der Waals surface area contributed by atoms with Crippen LogP contribution in [0.4, 0.5) is 13.2 Å². The number of nitrogens with two attached hydrogens (primary N) is 1. The molecule has 96 valence electrons. The molecular formula is C11H13ClF3NO. The Morgan fingerprint density at radius 2 is 1.94 bits per heavy atom. The van der Waals surface area contributed by atoms with Crippen molar-refractivity contribution >= 4 is 11.6 Å². The molecule has 0 fully saturated rings. The first-order valence-electron chi connectivity index (χ1n) is 4.93. The molecule has 1 atom stereocenters. The predicted octanol–water partition coefficient (Wildman–Crippen LogP) is 2.57. The van der Waals surface area contributed by atoms with Crippen LogP contribution in [-0.2, 0) is 11.6 Å². The lowest BCUT2D eigenvalue weighted by Gasteiger charge is -2.26. The summed E-state index contributed by atoms with van der Waals surface area (Å²) in [6.07, 6.45) is -4.48. The molecule has 17 heavy (non-hydrogen) atoms. The van der Waals surface area contributed by atoms with E-state index in [1.807, 2.05) is 0 Å². The summed E-state index contributed by atoms with van der Waals surface area (Å²) in [7, 11) is 0. The maximum absolute atomic E-state index is 12.5. The summed E-state index contributed by atoms with van der Waals surface area (Å²) in [5.74, 6) is 0. The maximum Gasteiger partial charge on any atom is 0.417 e. The molecule has 3 N–H and O–H groups in total. The number of aliphatic hydroxyl groups excluding tert-OH is 1. The van der Waals surface area contributed by atoms with Crippen molar-refractivity contribution < 1.29 is 18.3 Å². The summed E-state index contributed by atoms with van der Waals surface area (Å²) < 4.78 is 37.4. The Hall–Kier alpha value is -0.780. The van der Waals surface area contributed by atoms with Gasteiger partial charge < -0.3 is 10.8 Å². The molecule has 6 heteroatoms. The summed E-state index contributed by atoms with van der Waals surface area (Å²) in [6, 6.07) is 3.40. The molecule has 1 unspecified atom stereocenters. The smallest absolute Gasteiger partial charge is 0.395 e. The van der Waals surface area contributed by atoms with Gasteiger partial charge in [0.05, 0.1) is 17.2 Å². The molecule has 0 aliphatic rings. The molecule has 0 amide bonds. The number of aliphatic hydroxyl groups is 1. The highest BCUT2D eigenvalue weighted by Crippen LogP contribution is 2.36. The van der Waals surface area contributed by atoms with Crippen molar-refractivity contribution in [1.29, 1.82) is 0 Å². The fraction of sp³-hybridized carbons (Fsp3) is 0.455. The van der Waals surface area contributed by atoms with E-state index in [1.54, 1.807) is 6.92 Å². The molecule has 0 saturated heterocycles. The zero-order valence-electron chi connectivity index (χ0n) is 9.18. The van der Waals surface area contributed by atoms with Gasteiger partial charge in [0, 0.05) is 12.0 Å². The average molecular weight is 268 g/mol. The van der Waals surface area contributed by atoms with Gasteiger partial charge >= 0.3 is 6.18 Å². The molecule has 1 aromatic rings. The van der Waals surface area contributed by atoms with Gasteiger partial charge in [0.25, 0.3) is 0 Å². The van der Waals surface area contributed by atoms with Gasteiger partial charge in [0.1, 0.15) is 0 Å². The number of hydrogen-bond acceptors (Lipinski definition) is 2. The van der Waals surface area contributed by atoms with Crippen LogP contribution in [-0.4, -0.2) is 18.3 Å². The molecule has 1 aromatic carbocycles. The van der Waals surface area contributed by atoms with Crippen LogP contribution in [0.3, 0.4) is 0 Å². The van der Waals surface area contributed by atoms with E-state index in [-0.39, 0.29) is 18.2 Å². The summed E-state index contributed by atoms with van der Waals surface area (Å²) in [5.41, 5.74) is 4.31. The largest absolute Gasteiger partial charge is 0.417 e. The highest BCUT2D eigenvalue weighted by Gasteiger charge is 2.34. The van der Waals surface area contributed by atoms with Crippen molar-refractivity contribution in [3.63, 3.8) is 0 Å². The zero-order chi connectivity index (χ0) is 13.3. The van der Waals surface area contributed by atoms with Crippen LogP contribution in [0, 0.1) is 0 Å². The molecule has 0 aliphatic carbocycles. The lowest BCUT2D eigenvalue weighted by atomic mass is 9.83. The fourth-order valence-corrected chi connectivity index (χ4v) is 1.68. The van der Waals surface area contributed by atoms with E-state index in [4.69, 9.17) is 17.3 Å². The standard InChI is InChI=1S/C11H13ClF3NO/c1-10(5-16,6-17)7-2-3-8(9(12)4-7)11(13,14)15/h2-4,17H,5-6,16H2,1H3. The second-order valence-corrected chi connectivity index (χ2v) is 4.52. The monoisotopic (exact) mass is 267 g/mol. The summed E-state index contributed by atoms with van der Waals surface area (Å²) in [6.45, 7) is 1.52. The Balaban J connectivity index is 3.22. The molecular weight excluding hydrogens is 255 g/mol. The Bertz CT molecular complexity index is 402. The molecule has 0 bridgehead atoms. The lowest BCUT2D eigenvalue weighted by Crippen LogP contribution is -2.35. The van der Waals surface area contributed by atoms with E-state index < -0.39 is 17.2 Å². The SMILES string of the molecule is CC(CN)(CO)c1ccc(C(F)(F)F)c(Cl)c1. The van der Waals surface area contributed by atoms with Crippen LogP contribution in [0.1, 0.15) is 18.1 Å². The van der Waals surface area contributed by atoms with Crippen LogP contribution in [0.2, 0.25) is 5.02 Å². The van der Waals surface area contributed by atoms with E-state index in [9.17, 15) is 18.3 Å². The van der Waals surface area contributed by atoms with Crippen LogP contribution >= 0.6 is 11.6 Å². The van der Waals surface area contributed by atoms with Crippen LogP contribution in [0.25, 0.3) is 0 Å². The van der Waals surface area contributed by atoms with Crippen molar-refractivity contribution in [3.05, 3.63) is 34.3 Å². The van der Waals surface area contributed by atoms with Crippen molar-refractivity contribution in [1.82, 2.24) is 0 Å². The molecule has 0 spiro atoms. The van der Waals surface area contributed by atoms with Gasteiger partial charge in [-0.25, -0.2) is 0 Å². The highest BCUT2D eigenvalue weighted by molar-refractivity contribution is 6.31. The number of benzene rings is 1. The first kappa shape index (κ1) is 14.3. The van der Waals surface area contributed by atoms with E-state index >= 15 is 0 Å². The third-order valence-electron chi connectivity index (χ3n) is 2.77. The molecule has 1 rings (SSSR count). The van der Waals surface area contributed by atoms with Gasteiger partial charge in [0.15, 0.2) is 0 Å². The minimum absolute atomic E-state index is 0.116. The molecule has 0 saturated carbocycles. The van der Waals surface area contributed by atoms with E-state index in [0.717, 1.165) is 6.07 Å². The topological polar surface area (TPSA) is 46.2 Å². The summed E-state index contributed by atoms with van der Waals surface area (Å²) in [4.78, 5) is 0. The molecule has 2 nitrogen and oxygen atoms in total. The van der Waals surface area contributed by atoms with Gasteiger partial charge in [-0.3, -0.25) is 0 Å². The van der Waals surface area contributed by atoms with Crippen molar-refractivity contribution in [3.8, 4) is 0 Å². The molecule has 0 aromatic heterocycles. The Morgan fingerprint density at radius 3 is 2.29 bits per heavy atom. The Morgan fingerprint density at radius 1 is 1.35 bits per heavy atom. The molecule has 0 radical (unpaired) electrons. The molecule has 0 heterocycles. The van der Waals surface area contributed by atoms with Gasteiger partial charge in [-0.2, -0.15) is 13.2 Å². The average Bonchev–Trinajstić information content (AvgIpc) is 2.26. The van der Waals surface area contributed by atoms with Crippen molar-refractivity contribution in [2.45, 2.75) is 18.5 Å². The first-order valence-corrected chi connectivity index (χ1v) is 5.30. The van der Waals surface area contributed by atoms with Crippen molar-refractivity contribution in [2.75, 3.05) is 13.2 Å². The number of hydrogen-bond donors (Lipinski definition) is 2. The first-order chi connectivity index (χ1) is 7.74. The normalized spacial score (nSPS) is 15.7. The fourth-order valence-electron chi connectivity index (χ4n) is 1.39. The van der Waals surface area contributed by atoms with Gasteiger partial charge in [0.2, 0.25) is 0 Å². The maximum atomic E-state index is 12.5. The van der Waals surface area contributed by atoms with Crippen LogP contribution in [0.5, 0.6) is 0 Å². The quantitative estimate of drug-likeness (QED) is 0.884. The second-order valence-electron chi connectivity index (χ2n) is 4.12.